The Morgan fingerprint density at radius 3 is 2.10 bits per heavy atom. The first-order valence-corrected chi connectivity index (χ1v) is 11.8. The molecule has 0 spiro atoms. The van der Waals surface area contributed by atoms with Crippen molar-refractivity contribution in [3.63, 3.8) is 0 Å². The predicted molar refractivity (Wildman–Crippen MR) is 119 cm³/mol. The Morgan fingerprint density at radius 1 is 1.00 bits per heavy atom. The second-order valence-corrected chi connectivity index (χ2v) is 12.4. The SMILES string of the molecule is CC(C)(C)C[C@H]1CCC(CC(C)(C)CC(=O)N2CCN(CC3(C)COC3)CC2)N1. The second kappa shape index (κ2) is 8.84. The quantitative estimate of drug-likeness (QED) is 0.701. The minimum Gasteiger partial charge on any atom is -0.380 e. The first-order valence-electron chi connectivity index (χ1n) is 11.8. The molecule has 0 aromatic rings. The van der Waals surface area contributed by atoms with Gasteiger partial charge in [0.15, 0.2) is 0 Å². The van der Waals surface area contributed by atoms with E-state index in [0.717, 1.165) is 52.4 Å². The zero-order valence-corrected chi connectivity index (χ0v) is 19.9. The molecule has 168 valence electrons. The summed E-state index contributed by atoms with van der Waals surface area (Å²) in [5.41, 5.74) is 0.760. The molecule has 3 fully saturated rings. The molecule has 5 heteroatoms. The summed E-state index contributed by atoms with van der Waals surface area (Å²) in [6, 6.07) is 1.20. The minimum absolute atomic E-state index is 0.0548. The summed E-state index contributed by atoms with van der Waals surface area (Å²) < 4.78 is 5.38. The van der Waals surface area contributed by atoms with Crippen LogP contribution in [-0.2, 0) is 9.53 Å². The molecule has 0 aromatic carbocycles. The zero-order chi connectivity index (χ0) is 21.3. The standard InChI is InChI=1S/C24H45N3O2/c1-22(2,3)13-19-7-8-20(25-19)14-23(4,5)15-21(28)27-11-9-26(10-12-27)16-24(6)17-29-18-24/h19-20,25H,7-18H2,1-6H3/t19-,20?/m1/s1. The van der Waals surface area contributed by atoms with E-state index < -0.39 is 0 Å². The number of hydrogen-bond acceptors (Lipinski definition) is 4. The first-order chi connectivity index (χ1) is 13.4. The molecule has 29 heavy (non-hydrogen) atoms. The van der Waals surface area contributed by atoms with E-state index in [1.54, 1.807) is 0 Å². The zero-order valence-electron chi connectivity index (χ0n) is 19.9. The monoisotopic (exact) mass is 407 g/mol. The molecule has 0 radical (unpaired) electrons. The Kier molecular flexibility index (Phi) is 7.02. The van der Waals surface area contributed by atoms with Crippen molar-refractivity contribution in [2.75, 3.05) is 45.9 Å². The van der Waals surface area contributed by atoms with Crippen molar-refractivity contribution in [3.05, 3.63) is 0 Å². The summed E-state index contributed by atoms with van der Waals surface area (Å²) in [7, 11) is 0. The average Bonchev–Trinajstić information content (AvgIpc) is 2.97. The number of carbonyl (C=O) groups excluding carboxylic acids is 1. The van der Waals surface area contributed by atoms with Crippen molar-refractivity contribution in [1.82, 2.24) is 15.1 Å². The molecular weight excluding hydrogens is 362 g/mol. The van der Waals surface area contributed by atoms with Crippen LogP contribution in [0.25, 0.3) is 0 Å². The molecule has 1 amide bonds. The van der Waals surface area contributed by atoms with E-state index in [2.05, 4.69) is 56.7 Å². The number of carbonyl (C=O) groups is 1. The van der Waals surface area contributed by atoms with Gasteiger partial charge in [-0.05, 0) is 36.5 Å². The lowest BCUT2D eigenvalue weighted by molar-refractivity contribution is -0.138. The third-order valence-electron chi connectivity index (χ3n) is 6.85. The molecular formula is C24H45N3O2. The lowest BCUT2D eigenvalue weighted by Crippen LogP contribution is -2.55. The van der Waals surface area contributed by atoms with Crippen molar-refractivity contribution >= 4 is 5.91 Å². The number of ether oxygens (including phenoxy) is 1. The smallest absolute Gasteiger partial charge is 0.223 e. The van der Waals surface area contributed by atoms with E-state index in [-0.39, 0.29) is 5.41 Å². The maximum absolute atomic E-state index is 13.0. The van der Waals surface area contributed by atoms with Crippen molar-refractivity contribution < 1.29 is 9.53 Å². The molecule has 3 aliphatic rings. The van der Waals surface area contributed by atoms with Gasteiger partial charge in [0, 0.05) is 56.6 Å². The summed E-state index contributed by atoms with van der Waals surface area (Å²) in [6.45, 7) is 20.4. The van der Waals surface area contributed by atoms with Gasteiger partial charge in [-0.3, -0.25) is 9.69 Å². The Hall–Kier alpha value is -0.650. The van der Waals surface area contributed by atoms with E-state index >= 15 is 0 Å². The van der Waals surface area contributed by atoms with Crippen molar-refractivity contribution in [1.29, 1.82) is 0 Å². The number of amides is 1. The highest BCUT2D eigenvalue weighted by Gasteiger charge is 2.37. The van der Waals surface area contributed by atoms with E-state index in [9.17, 15) is 4.79 Å². The summed E-state index contributed by atoms with van der Waals surface area (Å²) in [5, 5.41) is 3.85. The molecule has 0 aliphatic carbocycles. The van der Waals surface area contributed by atoms with Gasteiger partial charge in [0.05, 0.1) is 13.2 Å². The third-order valence-corrected chi connectivity index (χ3v) is 6.85. The van der Waals surface area contributed by atoms with Crippen molar-refractivity contribution in [3.8, 4) is 0 Å². The number of nitrogens with one attached hydrogen (secondary N) is 1. The molecule has 3 rings (SSSR count). The second-order valence-electron chi connectivity index (χ2n) is 12.4. The van der Waals surface area contributed by atoms with Gasteiger partial charge in [-0.1, -0.05) is 41.5 Å². The molecule has 3 heterocycles. The summed E-state index contributed by atoms with van der Waals surface area (Å²) >= 11 is 0. The lowest BCUT2D eigenvalue weighted by Gasteiger charge is -2.44. The lowest BCUT2D eigenvalue weighted by atomic mass is 9.81. The van der Waals surface area contributed by atoms with E-state index in [1.807, 2.05) is 0 Å². The van der Waals surface area contributed by atoms with Crippen molar-refractivity contribution in [2.24, 2.45) is 16.2 Å². The molecule has 3 aliphatic heterocycles. The Balaban J connectivity index is 1.39. The highest BCUT2D eigenvalue weighted by Crippen LogP contribution is 2.34. The number of hydrogen-bond donors (Lipinski definition) is 1. The largest absolute Gasteiger partial charge is 0.380 e. The van der Waals surface area contributed by atoms with Gasteiger partial charge in [-0.25, -0.2) is 0 Å². The molecule has 5 nitrogen and oxygen atoms in total. The normalized spacial score (nSPS) is 28.4. The molecule has 1 unspecified atom stereocenters. The summed E-state index contributed by atoms with van der Waals surface area (Å²) in [4.78, 5) is 17.6. The van der Waals surface area contributed by atoms with Crippen LogP contribution < -0.4 is 5.32 Å². The fraction of sp³-hybridized carbons (Fsp3) is 0.958. The van der Waals surface area contributed by atoms with E-state index in [0.29, 0.717) is 35.2 Å². The number of piperazine rings is 1. The first kappa shape index (κ1) is 23.0. The highest BCUT2D eigenvalue weighted by molar-refractivity contribution is 5.77. The van der Waals surface area contributed by atoms with Crippen LogP contribution in [0, 0.1) is 16.2 Å². The van der Waals surface area contributed by atoms with Gasteiger partial charge < -0.3 is 15.0 Å². The fourth-order valence-electron chi connectivity index (χ4n) is 5.46. The molecule has 2 atom stereocenters. The third kappa shape index (κ3) is 6.93. The van der Waals surface area contributed by atoms with Gasteiger partial charge >= 0.3 is 0 Å². The highest BCUT2D eigenvalue weighted by atomic mass is 16.5. The van der Waals surface area contributed by atoms with E-state index in [4.69, 9.17) is 4.74 Å². The van der Waals surface area contributed by atoms with Crippen LogP contribution in [-0.4, -0.2) is 73.7 Å². The van der Waals surface area contributed by atoms with Gasteiger partial charge in [0.1, 0.15) is 0 Å². The fourth-order valence-corrected chi connectivity index (χ4v) is 5.46. The maximum atomic E-state index is 13.0. The maximum Gasteiger partial charge on any atom is 0.223 e. The molecule has 0 aromatic heterocycles. The topological polar surface area (TPSA) is 44.8 Å². The van der Waals surface area contributed by atoms with Crippen molar-refractivity contribution in [2.45, 2.75) is 85.7 Å². The Morgan fingerprint density at radius 2 is 1.59 bits per heavy atom. The predicted octanol–water partition coefficient (Wildman–Crippen LogP) is 3.53. The van der Waals surface area contributed by atoms with Crippen LogP contribution in [0.5, 0.6) is 0 Å². The van der Waals surface area contributed by atoms with Gasteiger partial charge in [-0.15, -0.1) is 0 Å². The molecule has 1 N–H and O–H groups in total. The van der Waals surface area contributed by atoms with Crippen LogP contribution in [0.1, 0.15) is 73.6 Å². The van der Waals surface area contributed by atoms with E-state index in [1.165, 1.54) is 19.3 Å². The van der Waals surface area contributed by atoms with Crippen LogP contribution in [0.4, 0.5) is 0 Å². The summed E-state index contributed by atoms with van der Waals surface area (Å²) in [5.74, 6) is 0.345. The number of nitrogens with zero attached hydrogens (tertiary/aromatic N) is 2. The van der Waals surface area contributed by atoms with Crippen LogP contribution >= 0.6 is 0 Å². The van der Waals surface area contributed by atoms with Gasteiger partial charge in [-0.2, -0.15) is 0 Å². The average molecular weight is 408 g/mol. The van der Waals surface area contributed by atoms with Crippen LogP contribution in [0.15, 0.2) is 0 Å². The number of rotatable bonds is 7. The molecule has 0 bridgehead atoms. The van der Waals surface area contributed by atoms with Crippen LogP contribution in [0.3, 0.4) is 0 Å². The van der Waals surface area contributed by atoms with Crippen LogP contribution in [0.2, 0.25) is 0 Å². The van der Waals surface area contributed by atoms with Gasteiger partial charge in [0.25, 0.3) is 0 Å². The Bertz CT molecular complexity index is 557. The Labute approximate surface area is 178 Å². The van der Waals surface area contributed by atoms with Gasteiger partial charge in [0.2, 0.25) is 5.91 Å². The molecule has 0 saturated carbocycles. The minimum atomic E-state index is 0.0548. The summed E-state index contributed by atoms with van der Waals surface area (Å²) in [6.07, 6.45) is 5.52. The molecule has 3 saturated heterocycles.